The van der Waals surface area contributed by atoms with Gasteiger partial charge in [0.2, 0.25) is 11.8 Å². The third kappa shape index (κ3) is 3.12. The van der Waals surface area contributed by atoms with Crippen molar-refractivity contribution in [2.75, 3.05) is 16.8 Å². The molecule has 1 aromatic heterocycles. The molecule has 3 aromatic carbocycles. The molecule has 0 saturated carbocycles. The van der Waals surface area contributed by atoms with Crippen molar-refractivity contribution in [2.24, 2.45) is 5.92 Å². The van der Waals surface area contributed by atoms with E-state index in [0.29, 0.717) is 22.8 Å². The maximum Gasteiger partial charge on any atom is 0.229 e. The van der Waals surface area contributed by atoms with Gasteiger partial charge in [0, 0.05) is 46.2 Å². The van der Waals surface area contributed by atoms with Gasteiger partial charge in [-0.3, -0.25) is 9.59 Å². The van der Waals surface area contributed by atoms with Gasteiger partial charge >= 0.3 is 0 Å². The zero-order valence-electron chi connectivity index (χ0n) is 16.3. The van der Waals surface area contributed by atoms with Crippen LogP contribution in [0.3, 0.4) is 0 Å². The highest BCUT2D eigenvalue weighted by Crippen LogP contribution is 2.33. The fraction of sp³-hybridized carbons (Fsp3) is 0.167. The summed E-state index contributed by atoms with van der Waals surface area (Å²) in [5, 5.41) is 5.58. The summed E-state index contributed by atoms with van der Waals surface area (Å²) in [6.45, 7) is 2.21. The molecule has 1 atom stereocenters. The number of furan rings is 1. The number of carbonyl (C=O) groups is 2. The zero-order valence-corrected chi connectivity index (χ0v) is 17.1. The summed E-state index contributed by atoms with van der Waals surface area (Å²) in [5.74, 6) is -0.684. The van der Waals surface area contributed by atoms with Gasteiger partial charge in [0.15, 0.2) is 0 Å². The van der Waals surface area contributed by atoms with Gasteiger partial charge in [0.1, 0.15) is 11.2 Å². The molecule has 0 radical (unpaired) electrons. The molecule has 0 unspecified atom stereocenters. The molecule has 6 heteroatoms. The zero-order chi connectivity index (χ0) is 20.8. The van der Waals surface area contributed by atoms with E-state index in [2.05, 4.69) is 5.32 Å². The second kappa shape index (κ2) is 7.18. The molecule has 0 spiro atoms. The average Bonchev–Trinajstić information content (AvgIpc) is 3.30. The number of hydrogen-bond acceptors (Lipinski definition) is 3. The van der Waals surface area contributed by atoms with Crippen LogP contribution in [0.2, 0.25) is 5.02 Å². The second-order valence-corrected chi connectivity index (χ2v) is 7.99. The van der Waals surface area contributed by atoms with Crippen molar-refractivity contribution in [1.29, 1.82) is 0 Å². The Morgan fingerprint density at radius 1 is 1.07 bits per heavy atom. The fourth-order valence-corrected chi connectivity index (χ4v) is 4.22. The number of benzene rings is 3. The minimum absolute atomic E-state index is 0.0757. The molecule has 5 rings (SSSR count). The lowest BCUT2D eigenvalue weighted by molar-refractivity contribution is -0.122. The molecule has 2 heterocycles. The summed E-state index contributed by atoms with van der Waals surface area (Å²) < 4.78 is 5.89. The first-order valence-electron chi connectivity index (χ1n) is 9.79. The molecule has 2 amide bonds. The number of anilines is 2. The van der Waals surface area contributed by atoms with Gasteiger partial charge in [-0.25, -0.2) is 0 Å². The third-order valence-corrected chi connectivity index (χ3v) is 6.08. The van der Waals surface area contributed by atoms with Crippen molar-refractivity contribution >= 4 is 56.7 Å². The number of halogens is 1. The van der Waals surface area contributed by atoms with Gasteiger partial charge in [-0.05, 0) is 42.8 Å². The Kier molecular flexibility index (Phi) is 4.48. The Morgan fingerprint density at radius 2 is 1.87 bits per heavy atom. The molecule has 1 saturated heterocycles. The first-order chi connectivity index (χ1) is 14.5. The molecule has 1 aliphatic rings. The second-order valence-electron chi connectivity index (χ2n) is 7.59. The maximum absolute atomic E-state index is 12.9. The predicted octanol–water partition coefficient (Wildman–Crippen LogP) is 5.54. The Hall–Kier alpha value is -3.31. The molecule has 4 aromatic rings. The largest absolute Gasteiger partial charge is 0.456 e. The van der Waals surface area contributed by atoms with E-state index in [9.17, 15) is 9.59 Å². The molecular weight excluding hydrogens is 400 g/mol. The number of fused-ring (bicyclic) bond motifs is 3. The van der Waals surface area contributed by atoms with E-state index in [1.165, 1.54) is 0 Å². The summed E-state index contributed by atoms with van der Waals surface area (Å²) in [6.07, 6.45) is 0.171. The smallest absolute Gasteiger partial charge is 0.229 e. The van der Waals surface area contributed by atoms with E-state index in [1.807, 2.05) is 61.5 Å². The van der Waals surface area contributed by atoms with Crippen molar-refractivity contribution in [3.63, 3.8) is 0 Å². The van der Waals surface area contributed by atoms with Crippen LogP contribution in [0.5, 0.6) is 0 Å². The van der Waals surface area contributed by atoms with Crippen LogP contribution in [0.25, 0.3) is 21.9 Å². The Bertz CT molecular complexity index is 1310. The predicted molar refractivity (Wildman–Crippen MR) is 119 cm³/mol. The normalized spacial score (nSPS) is 16.5. The molecule has 1 N–H and O–H groups in total. The van der Waals surface area contributed by atoms with Gasteiger partial charge in [-0.15, -0.1) is 0 Å². The molecule has 1 fully saturated rings. The van der Waals surface area contributed by atoms with Crippen molar-refractivity contribution < 1.29 is 14.0 Å². The van der Waals surface area contributed by atoms with E-state index in [0.717, 1.165) is 27.6 Å². The summed E-state index contributed by atoms with van der Waals surface area (Å²) in [7, 11) is 0. The number of para-hydroxylation sites is 1. The van der Waals surface area contributed by atoms with E-state index >= 15 is 0 Å². The lowest BCUT2D eigenvalue weighted by Crippen LogP contribution is -2.28. The number of hydrogen-bond donors (Lipinski definition) is 1. The van der Waals surface area contributed by atoms with Gasteiger partial charge in [0.25, 0.3) is 0 Å². The van der Waals surface area contributed by atoms with Crippen LogP contribution in [0.1, 0.15) is 12.0 Å². The topological polar surface area (TPSA) is 62.6 Å². The molecule has 30 heavy (non-hydrogen) atoms. The summed E-state index contributed by atoms with van der Waals surface area (Å²) in [5.41, 5.74) is 3.77. The van der Waals surface area contributed by atoms with Crippen LogP contribution < -0.4 is 10.2 Å². The van der Waals surface area contributed by atoms with Crippen LogP contribution in [0.15, 0.2) is 65.1 Å². The van der Waals surface area contributed by atoms with E-state index in [4.69, 9.17) is 16.0 Å². The van der Waals surface area contributed by atoms with Crippen molar-refractivity contribution in [1.82, 2.24) is 0 Å². The van der Waals surface area contributed by atoms with Gasteiger partial charge in [-0.2, -0.15) is 0 Å². The quantitative estimate of drug-likeness (QED) is 0.475. The van der Waals surface area contributed by atoms with E-state index < -0.39 is 5.92 Å². The minimum atomic E-state index is -0.428. The van der Waals surface area contributed by atoms with Gasteiger partial charge < -0.3 is 14.6 Å². The molecule has 0 bridgehead atoms. The average molecular weight is 419 g/mol. The molecular formula is C24H19ClN2O3. The number of carbonyl (C=O) groups excluding carboxylic acids is 2. The Labute approximate surface area is 178 Å². The van der Waals surface area contributed by atoms with Crippen LogP contribution >= 0.6 is 11.6 Å². The number of amides is 2. The SMILES string of the molecule is Cc1c(Cl)cccc1N1C[C@H](C(=O)Nc2ccc3c(c2)oc2ccccc23)CC1=O. The number of rotatable bonds is 3. The summed E-state index contributed by atoms with van der Waals surface area (Å²) in [6, 6.07) is 18.9. The standard InChI is InChI=1S/C24H19ClN2O3/c1-14-19(25)6-4-7-20(14)27-13-15(11-23(27)28)24(29)26-16-9-10-18-17-5-2-3-8-21(17)30-22(18)12-16/h2-10,12,15H,11,13H2,1H3,(H,26,29)/t15-/m1/s1. The molecule has 1 aliphatic heterocycles. The highest BCUT2D eigenvalue weighted by atomic mass is 35.5. The third-order valence-electron chi connectivity index (χ3n) is 5.67. The van der Waals surface area contributed by atoms with Crippen molar-refractivity contribution in [2.45, 2.75) is 13.3 Å². The molecule has 5 nitrogen and oxygen atoms in total. The minimum Gasteiger partial charge on any atom is -0.456 e. The monoisotopic (exact) mass is 418 g/mol. The Morgan fingerprint density at radius 3 is 2.73 bits per heavy atom. The molecule has 150 valence electrons. The lowest BCUT2D eigenvalue weighted by atomic mass is 10.1. The lowest BCUT2D eigenvalue weighted by Gasteiger charge is -2.19. The highest BCUT2D eigenvalue weighted by Gasteiger charge is 2.36. The van der Waals surface area contributed by atoms with Crippen LogP contribution in [0.4, 0.5) is 11.4 Å². The first kappa shape index (κ1) is 18.7. The maximum atomic E-state index is 12.9. The van der Waals surface area contributed by atoms with Crippen LogP contribution in [0, 0.1) is 12.8 Å². The number of nitrogens with zero attached hydrogens (tertiary/aromatic N) is 1. The van der Waals surface area contributed by atoms with Crippen LogP contribution in [-0.2, 0) is 9.59 Å². The van der Waals surface area contributed by atoms with Crippen molar-refractivity contribution in [3.8, 4) is 0 Å². The van der Waals surface area contributed by atoms with Gasteiger partial charge in [-0.1, -0.05) is 35.9 Å². The first-order valence-corrected chi connectivity index (χ1v) is 10.2. The number of nitrogens with one attached hydrogen (secondary N) is 1. The Balaban J connectivity index is 1.36. The van der Waals surface area contributed by atoms with Gasteiger partial charge in [0.05, 0.1) is 5.92 Å². The van der Waals surface area contributed by atoms with E-state index in [1.54, 1.807) is 11.0 Å². The molecule has 0 aliphatic carbocycles. The van der Waals surface area contributed by atoms with Crippen LogP contribution in [-0.4, -0.2) is 18.4 Å². The summed E-state index contributed by atoms with van der Waals surface area (Å²) >= 11 is 6.20. The summed E-state index contributed by atoms with van der Waals surface area (Å²) in [4.78, 5) is 27.1. The van der Waals surface area contributed by atoms with E-state index in [-0.39, 0.29) is 18.2 Å². The fourth-order valence-electron chi connectivity index (χ4n) is 4.05. The highest BCUT2D eigenvalue weighted by molar-refractivity contribution is 6.31. The van der Waals surface area contributed by atoms with Crippen molar-refractivity contribution in [3.05, 3.63) is 71.2 Å².